The van der Waals surface area contributed by atoms with E-state index >= 15 is 0 Å². The Morgan fingerprint density at radius 2 is 1.33 bits per heavy atom. The van der Waals surface area contributed by atoms with Gasteiger partial charge >= 0.3 is 6.18 Å². The van der Waals surface area contributed by atoms with Crippen molar-refractivity contribution >= 4 is 38.4 Å². The molecular weight excluding hydrogens is 453 g/mol. The van der Waals surface area contributed by atoms with Crippen LogP contribution < -0.4 is 10.0 Å². The zero-order chi connectivity index (χ0) is 23.8. The quantitative estimate of drug-likeness (QED) is 0.383. The van der Waals surface area contributed by atoms with Crippen LogP contribution in [0.2, 0.25) is 0 Å². The molecule has 0 unspecified atom stereocenters. The summed E-state index contributed by atoms with van der Waals surface area (Å²) in [7, 11) is -4.64. The van der Waals surface area contributed by atoms with Gasteiger partial charge in [0.1, 0.15) is 0 Å². The predicted octanol–water partition coefficient (Wildman–Crippen LogP) is 5.81. The fourth-order valence-electron chi connectivity index (χ4n) is 3.25. The molecule has 170 valence electrons. The average molecular weight is 472 g/mol. The summed E-state index contributed by atoms with van der Waals surface area (Å²) in [5.74, 6) is -0.156. The maximum atomic E-state index is 13.4. The minimum absolute atomic E-state index is 0.0602. The van der Waals surface area contributed by atoms with Crippen molar-refractivity contribution in [2.75, 3.05) is 10.0 Å². The van der Waals surface area contributed by atoms with Crippen molar-refractivity contribution in [2.24, 2.45) is 0 Å². The SMILES string of the molecule is Cc1cc2nc(Nc3ccccc3)c(NS(=O)(=O)c3ccccc3C(F)(F)F)nc2cc1C. The summed E-state index contributed by atoms with van der Waals surface area (Å²) < 4.78 is 68.6. The Morgan fingerprint density at radius 1 is 0.788 bits per heavy atom. The Morgan fingerprint density at radius 3 is 1.94 bits per heavy atom. The molecule has 0 saturated carbocycles. The molecule has 33 heavy (non-hydrogen) atoms. The number of hydrogen-bond donors (Lipinski definition) is 2. The van der Waals surface area contributed by atoms with Crippen molar-refractivity contribution < 1.29 is 21.6 Å². The molecule has 0 aliphatic rings. The fourth-order valence-corrected chi connectivity index (χ4v) is 4.48. The molecule has 2 N–H and O–H groups in total. The number of aryl methyl sites for hydroxylation is 2. The highest BCUT2D eigenvalue weighted by atomic mass is 32.2. The first-order valence-corrected chi connectivity index (χ1v) is 11.3. The van der Waals surface area contributed by atoms with E-state index in [0.29, 0.717) is 16.7 Å². The molecule has 1 heterocycles. The molecule has 0 atom stereocenters. The van der Waals surface area contributed by atoms with Gasteiger partial charge in [0.15, 0.2) is 11.6 Å². The number of rotatable bonds is 5. The lowest BCUT2D eigenvalue weighted by Crippen LogP contribution is -2.20. The largest absolute Gasteiger partial charge is 0.417 e. The van der Waals surface area contributed by atoms with Crippen LogP contribution in [0.4, 0.5) is 30.5 Å². The number of hydrogen-bond acceptors (Lipinski definition) is 5. The van der Waals surface area contributed by atoms with Gasteiger partial charge < -0.3 is 5.32 Å². The molecular formula is C23H19F3N4O2S. The zero-order valence-electron chi connectivity index (χ0n) is 17.6. The Labute approximate surface area is 188 Å². The van der Waals surface area contributed by atoms with Crippen LogP contribution in [0.1, 0.15) is 16.7 Å². The van der Waals surface area contributed by atoms with Crippen molar-refractivity contribution in [3.63, 3.8) is 0 Å². The number of alkyl halides is 3. The second-order valence-corrected chi connectivity index (χ2v) is 9.09. The molecule has 0 aliphatic heterocycles. The van der Waals surface area contributed by atoms with E-state index in [-0.39, 0.29) is 11.6 Å². The van der Waals surface area contributed by atoms with Gasteiger partial charge in [0.2, 0.25) is 0 Å². The summed E-state index contributed by atoms with van der Waals surface area (Å²) >= 11 is 0. The number of nitrogens with zero attached hydrogens (tertiary/aromatic N) is 2. The second kappa shape index (κ2) is 8.36. The Bertz CT molecular complexity index is 1440. The molecule has 0 spiro atoms. The third kappa shape index (κ3) is 4.75. The van der Waals surface area contributed by atoms with Gasteiger partial charge in [-0.15, -0.1) is 0 Å². The third-order valence-electron chi connectivity index (χ3n) is 5.03. The standard InChI is InChI=1S/C23H19F3N4O2S/c1-14-12-18-19(13-15(14)2)29-22(21(28-18)27-16-8-4-3-5-9-16)30-33(31,32)20-11-7-6-10-17(20)23(24,25)26/h3-13H,1-2H3,(H,27,28)(H,29,30). The van der Waals surface area contributed by atoms with Crippen LogP contribution in [0, 0.1) is 13.8 Å². The predicted molar refractivity (Wildman–Crippen MR) is 121 cm³/mol. The van der Waals surface area contributed by atoms with E-state index in [1.54, 1.807) is 36.4 Å². The van der Waals surface area contributed by atoms with Gasteiger partial charge in [0, 0.05) is 5.69 Å². The van der Waals surface area contributed by atoms with Crippen molar-refractivity contribution in [1.29, 1.82) is 0 Å². The van der Waals surface area contributed by atoms with Crippen LogP contribution in [0.5, 0.6) is 0 Å². The second-order valence-electron chi connectivity index (χ2n) is 7.44. The molecule has 0 saturated heterocycles. The van der Waals surface area contributed by atoms with Crippen LogP contribution in [0.3, 0.4) is 0 Å². The van der Waals surface area contributed by atoms with Gasteiger partial charge in [0.05, 0.1) is 21.5 Å². The summed E-state index contributed by atoms with van der Waals surface area (Å²) in [6.07, 6.45) is -4.85. The number of benzene rings is 3. The molecule has 10 heteroatoms. The van der Waals surface area contributed by atoms with Crippen molar-refractivity contribution in [2.45, 2.75) is 24.9 Å². The highest BCUT2D eigenvalue weighted by Gasteiger charge is 2.37. The van der Waals surface area contributed by atoms with Gasteiger partial charge in [-0.2, -0.15) is 13.2 Å². The molecule has 0 radical (unpaired) electrons. The van der Waals surface area contributed by atoms with Gasteiger partial charge in [-0.05, 0) is 61.4 Å². The number of halogens is 3. The number of anilines is 3. The lowest BCUT2D eigenvalue weighted by atomic mass is 10.1. The molecule has 0 amide bonds. The van der Waals surface area contributed by atoms with E-state index in [9.17, 15) is 21.6 Å². The Kier molecular flexibility index (Phi) is 5.71. The molecule has 3 aromatic carbocycles. The van der Waals surface area contributed by atoms with Crippen LogP contribution in [0.25, 0.3) is 11.0 Å². The van der Waals surface area contributed by atoms with Gasteiger partial charge in [-0.1, -0.05) is 30.3 Å². The van der Waals surface area contributed by atoms with Crippen molar-refractivity contribution in [3.05, 3.63) is 83.4 Å². The summed E-state index contributed by atoms with van der Waals surface area (Å²) in [5, 5.41) is 2.99. The smallest absolute Gasteiger partial charge is 0.337 e. The maximum Gasteiger partial charge on any atom is 0.417 e. The molecule has 0 fully saturated rings. The van der Waals surface area contributed by atoms with Crippen molar-refractivity contribution in [1.82, 2.24) is 9.97 Å². The van der Waals surface area contributed by atoms with Crippen LogP contribution in [-0.2, 0) is 16.2 Å². The minimum Gasteiger partial charge on any atom is -0.337 e. The maximum absolute atomic E-state index is 13.4. The van der Waals surface area contributed by atoms with Gasteiger partial charge in [0.25, 0.3) is 10.0 Å². The molecule has 0 bridgehead atoms. The summed E-state index contributed by atoms with van der Waals surface area (Å²) in [6.45, 7) is 3.78. The summed E-state index contributed by atoms with van der Waals surface area (Å²) in [6, 6.07) is 16.4. The van der Waals surface area contributed by atoms with E-state index in [0.717, 1.165) is 29.3 Å². The lowest BCUT2D eigenvalue weighted by molar-refractivity contribution is -0.139. The molecule has 4 aromatic rings. The number of para-hydroxylation sites is 1. The van der Waals surface area contributed by atoms with Gasteiger partial charge in [-0.3, -0.25) is 4.72 Å². The van der Waals surface area contributed by atoms with E-state index < -0.39 is 26.7 Å². The number of fused-ring (bicyclic) bond motifs is 1. The first-order chi connectivity index (χ1) is 15.5. The van der Waals surface area contributed by atoms with E-state index in [1.807, 2.05) is 19.9 Å². The fraction of sp³-hybridized carbons (Fsp3) is 0.130. The number of aromatic nitrogens is 2. The van der Waals surface area contributed by atoms with Gasteiger partial charge in [-0.25, -0.2) is 18.4 Å². The third-order valence-corrected chi connectivity index (χ3v) is 6.43. The van der Waals surface area contributed by atoms with E-state index in [2.05, 4.69) is 20.0 Å². The van der Waals surface area contributed by atoms with Crippen molar-refractivity contribution in [3.8, 4) is 0 Å². The van der Waals surface area contributed by atoms with Crippen LogP contribution >= 0.6 is 0 Å². The molecule has 6 nitrogen and oxygen atoms in total. The highest BCUT2D eigenvalue weighted by Crippen LogP contribution is 2.35. The summed E-state index contributed by atoms with van der Waals surface area (Å²) in [4.78, 5) is 7.98. The summed E-state index contributed by atoms with van der Waals surface area (Å²) in [5.41, 5.74) is 2.13. The highest BCUT2D eigenvalue weighted by molar-refractivity contribution is 7.92. The Hall–Kier alpha value is -3.66. The monoisotopic (exact) mass is 472 g/mol. The number of sulfonamides is 1. The molecule has 0 aliphatic carbocycles. The topological polar surface area (TPSA) is 84.0 Å². The van der Waals surface area contributed by atoms with Crippen LogP contribution in [-0.4, -0.2) is 18.4 Å². The van der Waals surface area contributed by atoms with E-state index in [4.69, 9.17) is 0 Å². The minimum atomic E-state index is -4.85. The zero-order valence-corrected chi connectivity index (χ0v) is 18.4. The number of nitrogens with one attached hydrogen (secondary N) is 2. The first-order valence-electron chi connectivity index (χ1n) is 9.85. The molecule has 1 aromatic heterocycles. The average Bonchev–Trinajstić information content (AvgIpc) is 2.75. The normalized spacial score (nSPS) is 12.0. The molecule has 4 rings (SSSR count). The Balaban J connectivity index is 1.85. The lowest BCUT2D eigenvalue weighted by Gasteiger charge is -2.17. The first kappa shape index (κ1) is 22.5. The van der Waals surface area contributed by atoms with E-state index in [1.165, 1.54) is 6.07 Å². The van der Waals surface area contributed by atoms with Crippen LogP contribution in [0.15, 0.2) is 71.6 Å².